The van der Waals surface area contributed by atoms with Gasteiger partial charge in [-0.1, -0.05) is 121 Å². The monoisotopic (exact) mass is 480 g/mol. The van der Waals surface area contributed by atoms with Crippen molar-refractivity contribution in [2.24, 2.45) is 22.9 Å². The van der Waals surface area contributed by atoms with Gasteiger partial charge >= 0.3 is 0 Å². The third-order valence-corrected chi connectivity index (χ3v) is 6.41. The minimum atomic E-state index is -0.372. The van der Waals surface area contributed by atoms with E-state index in [4.69, 9.17) is 22.9 Å². The van der Waals surface area contributed by atoms with Crippen molar-refractivity contribution < 1.29 is 0 Å². The van der Waals surface area contributed by atoms with Crippen molar-refractivity contribution >= 4 is 0 Å². The smallest absolute Gasteiger partial charge is 0.0360 e. The number of hydrogen-bond acceptors (Lipinski definition) is 4. The molecule has 188 valence electrons. The van der Waals surface area contributed by atoms with E-state index in [1.165, 1.54) is 22.3 Å². The zero-order chi connectivity index (χ0) is 25.7. The first-order valence-electron chi connectivity index (χ1n) is 12.6. The molecule has 36 heavy (non-hydrogen) atoms. The minimum absolute atomic E-state index is 0.372. The van der Waals surface area contributed by atoms with Crippen LogP contribution in [0.15, 0.2) is 121 Å². The van der Waals surface area contributed by atoms with Crippen molar-refractivity contribution in [3.8, 4) is 0 Å². The first kappa shape index (κ1) is 27.3. The molecule has 0 aliphatic heterocycles. The summed E-state index contributed by atoms with van der Waals surface area (Å²) in [6, 6.07) is 41.1. The number of rotatable bonds is 10. The molecule has 0 bridgehead atoms. The van der Waals surface area contributed by atoms with Gasteiger partial charge in [-0.25, -0.2) is 0 Å². The summed E-state index contributed by atoms with van der Waals surface area (Å²) < 4.78 is 0. The summed E-state index contributed by atoms with van der Waals surface area (Å²) in [6.45, 7) is 0.966. The molecule has 8 N–H and O–H groups in total. The zero-order valence-electron chi connectivity index (χ0n) is 21.1. The Kier molecular flexibility index (Phi) is 10.4. The molecule has 0 atom stereocenters. The molecule has 0 unspecified atom stereocenters. The largest absolute Gasteiger partial charge is 0.329 e. The standard InChI is InChI=1S/2C16H20N2/c2*17-13-16(18,11-14-7-3-1-4-8-14)12-15-9-5-2-6-10-15/h2*1-10H,11-13,17-18H2. The highest BCUT2D eigenvalue weighted by Crippen LogP contribution is 2.17. The Morgan fingerprint density at radius 1 is 0.361 bits per heavy atom. The van der Waals surface area contributed by atoms with Gasteiger partial charge in [-0.3, -0.25) is 0 Å². The van der Waals surface area contributed by atoms with Crippen LogP contribution in [0, 0.1) is 0 Å². The van der Waals surface area contributed by atoms with Crippen LogP contribution in [0.1, 0.15) is 22.3 Å². The zero-order valence-corrected chi connectivity index (χ0v) is 21.1. The Morgan fingerprint density at radius 3 is 0.722 bits per heavy atom. The van der Waals surface area contributed by atoms with Crippen LogP contribution in [0.5, 0.6) is 0 Å². The number of benzene rings is 4. The highest BCUT2D eigenvalue weighted by Gasteiger charge is 2.25. The molecule has 0 aliphatic rings. The van der Waals surface area contributed by atoms with Gasteiger partial charge in [-0.2, -0.15) is 0 Å². The van der Waals surface area contributed by atoms with Crippen LogP contribution in [-0.2, 0) is 25.7 Å². The maximum absolute atomic E-state index is 6.44. The summed E-state index contributed by atoms with van der Waals surface area (Å²) in [4.78, 5) is 0. The fourth-order valence-electron chi connectivity index (χ4n) is 4.42. The molecule has 4 aromatic rings. The quantitative estimate of drug-likeness (QED) is 0.272. The van der Waals surface area contributed by atoms with E-state index in [9.17, 15) is 0 Å². The molecule has 4 aromatic carbocycles. The van der Waals surface area contributed by atoms with E-state index < -0.39 is 0 Å². The van der Waals surface area contributed by atoms with Gasteiger partial charge in [0.05, 0.1) is 0 Å². The van der Waals surface area contributed by atoms with Crippen LogP contribution in [-0.4, -0.2) is 24.2 Å². The van der Waals surface area contributed by atoms with Gasteiger partial charge in [0, 0.05) is 24.2 Å². The van der Waals surface area contributed by atoms with Crippen LogP contribution in [0.3, 0.4) is 0 Å². The number of nitrogens with two attached hydrogens (primary N) is 4. The molecule has 4 heteroatoms. The Morgan fingerprint density at radius 2 is 0.556 bits per heavy atom. The van der Waals surface area contributed by atoms with Crippen molar-refractivity contribution in [3.05, 3.63) is 144 Å². The highest BCUT2D eigenvalue weighted by molar-refractivity contribution is 5.24. The molecule has 0 spiro atoms. The molecule has 0 saturated carbocycles. The second-order valence-corrected chi connectivity index (χ2v) is 9.78. The fraction of sp³-hybridized carbons (Fsp3) is 0.250. The van der Waals surface area contributed by atoms with E-state index in [0.29, 0.717) is 13.1 Å². The third-order valence-electron chi connectivity index (χ3n) is 6.41. The van der Waals surface area contributed by atoms with Crippen molar-refractivity contribution in [1.82, 2.24) is 0 Å². The van der Waals surface area contributed by atoms with E-state index >= 15 is 0 Å². The maximum atomic E-state index is 6.44. The van der Waals surface area contributed by atoms with E-state index in [1.54, 1.807) is 0 Å². The van der Waals surface area contributed by atoms with Crippen LogP contribution < -0.4 is 22.9 Å². The first-order valence-corrected chi connectivity index (χ1v) is 12.6. The van der Waals surface area contributed by atoms with Crippen LogP contribution >= 0.6 is 0 Å². The summed E-state index contributed by atoms with van der Waals surface area (Å²) in [7, 11) is 0. The molecule has 4 nitrogen and oxygen atoms in total. The fourth-order valence-corrected chi connectivity index (χ4v) is 4.42. The lowest BCUT2D eigenvalue weighted by Crippen LogP contribution is -2.50. The minimum Gasteiger partial charge on any atom is -0.329 e. The topological polar surface area (TPSA) is 104 Å². The predicted molar refractivity (Wildman–Crippen MR) is 153 cm³/mol. The SMILES string of the molecule is NCC(N)(Cc1ccccc1)Cc1ccccc1.NCC(N)(Cc1ccccc1)Cc1ccccc1. The highest BCUT2D eigenvalue weighted by atomic mass is 14.8. The van der Waals surface area contributed by atoms with Crippen molar-refractivity contribution in [3.63, 3.8) is 0 Å². The van der Waals surface area contributed by atoms with E-state index in [2.05, 4.69) is 48.5 Å². The van der Waals surface area contributed by atoms with Gasteiger partial charge in [0.1, 0.15) is 0 Å². The average Bonchev–Trinajstić information content (AvgIpc) is 2.91. The first-order chi connectivity index (χ1) is 17.4. The average molecular weight is 481 g/mol. The molecule has 0 saturated heterocycles. The van der Waals surface area contributed by atoms with Gasteiger partial charge in [-0.05, 0) is 47.9 Å². The van der Waals surface area contributed by atoms with Crippen molar-refractivity contribution in [2.45, 2.75) is 36.8 Å². The van der Waals surface area contributed by atoms with Crippen LogP contribution in [0.2, 0.25) is 0 Å². The van der Waals surface area contributed by atoms with Gasteiger partial charge in [0.25, 0.3) is 0 Å². The van der Waals surface area contributed by atoms with Gasteiger partial charge in [0.15, 0.2) is 0 Å². The summed E-state index contributed by atoms with van der Waals surface area (Å²) in [5.74, 6) is 0. The molecular formula is C32H40N4. The van der Waals surface area contributed by atoms with Gasteiger partial charge in [0.2, 0.25) is 0 Å². The molecule has 0 aliphatic carbocycles. The lowest BCUT2D eigenvalue weighted by Gasteiger charge is -2.28. The van der Waals surface area contributed by atoms with Gasteiger partial charge in [-0.15, -0.1) is 0 Å². The third kappa shape index (κ3) is 9.06. The molecule has 0 amide bonds. The molecule has 0 fully saturated rings. The second-order valence-electron chi connectivity index (χ2n) is 9.78. The van der Waals surface area contributed by atoms with Gasteiger partial charge < -0.3 is 22.9 Å². The maximum Gasteiger partial charge on any atom is 0.0360 e. The van der Waals surface area contributed by atoms with E-state index in [1.807, 2.05) is 72.8 Å². The second kappa shape index (κ2) is 13.7. The number of hydrogen-bond donors (Lipinski definition) is 4. The molecule has 0 heterocycles. The van der Waals surface area contributed by atoms with Crippen molar-refractivity contribution in [2.75, 3.05) is 13.1 Å². The van der Waals surface area contributed by atoms with E-state index in [0.717, 1.165) is 25.7 Å². The Hall–Kier alpha value is -3.28. The Bertz CT molecular complexity index is 940. The molecule has 0 aromatic heterocycles. The normalized spacial score (nSPS) is 11.4. The predicted octanol–water partition coefficient (Wildman–Crippen LogP) is 4.26. The van der Waals surface area contributed by atoms with Crippen LogP contribution in [0.4, 0.5) is 0 Å². The lowest BCUT2D eigenvalue weighted by molar-refractivity contribution is 0.429. The summed E-state index contributed by atoms with van der Waals surface area (Å²) in [6.07, 6.45) is 3.22. The van der Waals surface area contributed by atoms with Crippen molar-refractivity contribution in [1.29, 1.82) is 0 Å². The lowest BCUT2D eigenvalue weighted by atomic mass is 9.86. The molecule has 0 radical (unpaired) electrons. The summed E-state index contributed by atoms with van der Waals surface area (Å²) in [5, 5.41) is 0. The Labute approximate surface area is 216 Å². The molecular weight excluding hydrogens is 440 g/mol. The van der Waals surface area contributed by atoms with E-state index in [-0.39, 0.29) is 11.1 Å². The summed E-state index contributed by atoms with van der Waals surface area (Å²) >= 11 is 0. The molecule has 4 rings (SSSR count). The summed E-state index contributed by atoms with van der Waals surface area (Å²) in [5.41, 5.74) is 28.8. The Balaban J connectivity index is 0.000000201. The van der Waals surface area contributed by atoms with Crippen LogP contribution in [0.25, 0.3) is 0 Å².